The molecule has 0 aliphatic heterocycles. The Labute approximate surface area is 129 Å². The maximum atomic E-state index is 12.6. The Kier molecular flexibility index (Phi) is 3.88. The normalized spacial score (nSPS) is 10.2. The Balaban J connectivity index is 1.91. The maximum absolute atomic E-state index is 12.6. The van der Waals surface area contributed by atoms with Crippen molar-refractivity contribution in [2.24, 2.45) is 0 Å². The summed E-state index contributed by atoms with van der Waals surface area (Å²) in [5.74, 6) is -0.135. The third-order valence-corrected chi connectivity index (χ3v) is 3.43. The quantitative estimate of drug-likeness (QED) is 0.710. The number of nitrogens with one attached hydrogen (secondary N) is 1. The molecule has 0 fully saturated rings. The third-order valence-electron chi connectivity index (χ3n) is 3.43. The summed E-state index contributed by atoms with van der Waals surface area (Å²) in [5.41, 5.74) is 9.63. The summed E-state index contributed by atoms with van der Waals surface area (Å²) in [4.78, 5) is 12.6. The number of nitrogen functional groups attached to an aromatic ring is 1. The number of benzene rings is 3. The van der Waals surface area contributed by atoms with Crippen molar-refractivity contribution in [3.05, 3.63) is 84.4 Å². The van der Waals surface area contributed by atoms with Gasteiger partial charge in [-0.1, -0.05) is 48.5 Å². The molecular weight excluding hydrogens is 272 g/mol. The van der Waals surface area contributed by atoms with Crippen molar-refractivity contribution in [2.45, 2.75) is 0 Å². The summed E-state index contributed by atoms with van der Waals surface area (Å²) < 4.78 is 0. The number of carbonyl (C=O) groups is 1. The first-order chi connectivity index (χ1) is 10.7. The first-order valence-electron chi connectivity index (χ1n) is 7.05. The van der Waals surface area contributed by atoms with Gasteiger partial charge in [0.15, 0.2) is 0 Å². The molecule has 0 radical (unpaired) electrons. The molecule has 0 aromatic heterocycles. The van der Waals surface area contributed by atoms with Crippen LogP contribution in [0.15, 0.2) is 78.9 Å². The predicted molar refractivity (Wildman–Crippen MR) is 90.7 cm³/mol. The van der Waals surface area contributed by atoms with Gasteiger partial charge in [0.1, 0.15) is 0 Å². The largest absolute Gasteiger partial charge is 0.399 e. The fourth-order valence-corrected chi connectivity index (χ4v) is 2.32. The van der Waals surface area contributed by atoms with Gasteiger partial charge in [-0.05, 0) is 41.5 Å². The van der Waals surface area contributed by atoms with Gasteiger partial charge in [-0.15, -0.1) is 0 Å². The monoisotopic (exact) mass is 288 g/mol. The van der Waals surface area contributed by atoms with E-state index < -0.39 is 0 Å². The van der Waals surface area contributed by atoms with Crippen LogP contribution < -0.4 is 11.1 Å². The van der Waals surface area contributed by atoms with E-state index in [9.17, 15) is 4.79 Å². The highest BCUT2D eigenvalue weighted by Crippen LogP contribution is 2.24. The minimum absolute atomic E-state index is 0.135. The highest BCUT2D eigenvalue weighted by molar-refractivity contribution is 6.08. The first-order valence-corrected chi connectivity index (χ1v) is 7.05. The Hall–Kier alpha value is -3.07. The van der Waals surface area contributed by atoms with Crippen molar-refractivity contribution in [1.82, 2.24) is 0 Å². The molecule has 0 spiro atoms. The van der Waals surface area contributed by atoms with Crippen molar-refractivity contribution in [2.75, 3.05) is 11.1 Å². The van der Waals surface area contributed by atoms with Gasteiger partial charge in [0.2, 0.25) is 0 Å². The molecule has 3 heteroatoms. The Morgan fingerprint density at radius 1 is 0.773 bits per heavy atom. The fourth-order valence-electron chi connectivity index (χ4n) is 2.32. The highest BCUT2D eigenvalue weighted by atomic mass is 16.1. The topological polar surface area (TPSA) is 55.1 Å². The van der Waals surface area contributed by atoms with E-state index in [4.69, 9.17) is 5.73 Å². The SMILES string of the molecule is Nc1ccc(NC(=O)c2ccccc2-c2ccccc2)cc1. The summed E-state index contributed by atoms with van der Waals surface area (Å²) in [6.45, 7) is 0. The fraction of sp³-hybridized carbons (Fsp3) is 0. The summed E-state index contributed by atoms with van der Waals surface area (Å²) in [6, 6.07) is 24.6. The third kappa shape index (κ3) is 2.99. The van der Waals surface area contributed by atoms with Gasteiger partial charge in [-0.2, -0.15) is 0 Å². The van der Waals surface area contributed by atoms with Gasteiger partial charge in [-0.25, -0.2) is 0 Å². The van der Waals surface area contributed by atoms with Crippen LogP contribution in [0.25, 0.3) is 11.1 Å². The zero-order valence-electron chi connectivity index (χ0n) is 12.0. The molecule has 3 N–H and O–H groups in total. The van der Waals surface area contributed by atoms with Crippen LogP contribution in [0.5, 0.6) is 0 Å². The molecule has 0 atom stereocenters. The van der Waals surface area contributed by atoms with Crippen LogP contribution in [0.1, 0.15) is 10.4 Å². The molecule has 3 nitrogen and oxygen atoms in total. The van der Waals surface area contributed by atoms with E-state index in [1.54, 1.807) is 24.3 Å². The molecule has 0 unspecified atom stereocenters. The summed E-state index contributed by atoms with van der Waals surface area (Å²) >= 11 is 0. The van der Waals surface area contributed by atoms with E-state index >= 15 is 0 Å². The molecule has 0 saturated carbocycles. The summed E-state index contributed by atoms with van der Waals surface area (Å²) in [7, 11) is 0. The molecule has 0 aliphatic rings. The number of carbonyl (C=O) groups excluding carboxylic acids is 1. The van der Waals surface area contributed by atoms with Crippen molar-refractivity contribution >= 4 is 17.3 Å². The van der Waals surface area contributed by atoms with Crippen molar-refractivity contribution in [3.8, 4) is 11.1 Å². The summed E-state index contributed by atoms with van der Waals surface area (Å²) in [6.07, 6.45) is 0. The molecule has 3 aromatic rings. The molecule has 0 bridgehead atoms. The molecule has 3 aromatic carbocycles. The molecule has 3 rings (SSSR count). The molecule has 22 heavy (non-hydrogen) atoms. The average molecular weight is 288 g/mol. The predicted octanol–water partition coefficient (Wildman–Crippen LogP) is 4.19. The highest BCUT2D eigenvalue weighted by Gasteiger charge is 2.12. The van der Waals surface area contributed by atoms with Crippen molar-refractivity contribution < 1.29 is 4.79 Å². The lowest BCUT2D eigenvalue weighted by Gasteiger charge is -2.10. The van der Waals surface area contributed by atoms with E-state index in [0.29, 0.717) is 11.3 Å². The minimum Gasteiger partial charge on any atom is -0.399 e. The Morgan fingerprint density at radius 2 is 1.41 bits per heavy atom. The molecule has 0 heterocycles. The van der Waals surface area contributed by atoms with E-state index in [1.807, 2.05) is 54.6 Å². The molecule has 108 valence electrons. The molecule has 0 saturated heterocycles. The van der Waals surface area contributed by atoms with Gasteiger partial charge >= 0.3 is 0 Å². The maximum Gasteiger partial charge on any atom is 0.256 e. The van der Waals surface area contributed by atoms with Gasteiger partial charge < -0.3 is 11.1 Å². The van der Waals surface area contributed by atoms with Crippen LogP contribution >= 0.6 is 0 Å². The van der Waals surface area contributed by atoms with Crippen molar-refractivity contribution in [1.29, 1.82) is 0 Å². The minimum atomic E-state index is -0.135. The van der Waals surface area contributed by atoms with E-state index in [2.05, 4.69) is 5.32 Å². The Bertz CT molecular complexity index is 780. The second-order valence-electron chi connectivity index (χ2n) is 4.99. The lowest BCUT2D eigenvalue weighted by molar-refractivity contribution is 0.102. The second kappa shape index (κ2) is 6.14. The van der Waals surface area contributed by atoms with Crippen LogP contribution in [0.2, 0.25) is 0 Å². The lowest BCUT2D eigenvalue weighted by Crippen LogP contribution is -2.13. The second-order valence-corrected chi connectivity index (χ2v) is 4.99. The lowest BCUT2D eigenvalue weighted by atomic mass is 9.99. The van der Waals surface area contributed by atoms with Gasteiger partial charge in [0, 0.05) is 16.9 Å². The van der Waals surface area contributed by atoms with Crippen LogP contribution in [0.3, 0.4) is 0 Å². The Morgan fingerprint density at radius 3 is 2.14 bits per heavy atom. The summed E-state index contributed by atoms with van der Waals surface area (Å²) in [5, 5.41) is 2.90. The number of anilines is 2. The van der Waals surface area contributed by atoms with Crippen LogP contribution in [-0.4, -0.2) is 5.91 Å². The smallest absolute Gasteiger partial charge is 0.256 e. The number of hydrogen-bond acceptors (Lipinski definition) is 2. The van der Waals surface area contributed by atoms with E-state index in [-0.39, 0.29) is 5.91 Å². The number of amides is 1. The number of rotatable bonds is 3. The zero-order valence-corrected chi connectivity index (χ0v) is 12.0. The average Bonchev–Trinajstić information content (AvgIpc) is 2.58. The van der Waals surface area contributed by atoms with Crippen LogP contribution in [-0.2, 0) is 0 Å². The molecular formula is C19H16N2O. The van der Waals surface area contributed by atoms with Gasteiger partial charge in [0.05, 0.1) is 0 Å². The van der Waals surface area contributed by atoms with E-state index in [1.165, 1.54) is 0 Å². The number of hydrogen-bond donors (Lipinski definition) is 2. The standard InChI is InChI=1S/C19H16N2O/c20-15-10-12-16(13-11-15)21-19(22)18-9-5-4-8-17(18)14-6-2-1-3-7-14/h1-13H,20H2,(H,21,22). The van der Waals surface area contributed by atoms with E-state index in [0.717, 1.165) is 16.8 Å². The van der Waals surface area contributed by atoms with Gasteiger partial charge in [0.25, 0.3) is 5.91 Å². The first kappa shape index (κ1) is 13.9. The molecule has 1 amide bonds. The number of nitrogens with two attached hydrogens (primary N) is 1. The molecule has 0 aliphatic carbocycles. The van der Waals surface area contributed by atoms with Crippen LogP contribution in [0.4, 0.5) is 11.4 Å². The zero-order chi connectivity index (χ0) is 15.4. The van der Waals surface area contributed by atoms with Gasteiger partial charge in [-0.3, -0.25) is 4.79 Å². The van der Waals surface area contributed by atoms with Crippen molar-refractivity contribution in [3.63, 3.8) is 0 Å². The van der Waals surface area contributed by atoms with Crippen LogP contribution in [0, 0.1) is 0 Å².